The van der Waals surface area contributed by atoms with Gasteiger partial charge in [-0.05, 0) is 76.9 Å². The number of fused-ring (bicyclic) bond motifs is 3. The van der Waals surface area contributed by atoms with Crippen LogP contribution in [0.4, 0.5) is 26.3 Å². The third-order valence-electron chi connectivity index (χ3n) is 6.97. The summed E-state index contributed by atoms with van der Waals surface area (Å²) in [6.45, 7) is 0. The van der Waals surface area contributed by atoms with Crippen molar-refractivity contribution in [2.24, 2.45) is 0 Å². The highest BCUT2D eigenvalue weighted by Gasteiger charge is 2.37. The number of benzene rings is 4. The van der Waals surface area contributed by atoms with Crippen LogP contribution < -0.4 is 0 Å². The van der Waals surface area contributed by atoms with Gasteiger partial charge in [0, 0.05) is 28.9 Å². The van der Waals surface area contributed by atoms with Crippen LogP contribution in [0.2, 0.25) is 0 Å². The Bertz CT molecular complexity index is 1950. The molecule has 202 valence electrons. The van der Waals surface area contributed by atoms with E-state index in [1.54, 1.807) is 48.8 Å². The number of rotatable bonds is 3. The highest BCUT2D eigenvalue weighted by atomic mass is 19.4. The molecule has 0 N–H and O–H groups in total. The van der Waals surface area contributed by atoms with Crippen LogP contribution in [-0.2, 0) is 12.4 Å². The number of alkyl halides is 6. The lowest BCUT2D eigenvalue weighted by Crippen LogP contribution is -2.11. The SMILES string of the molecule is N#Cc1cc(-n2c3ccccc3c3ccc(-c4cc(C(F)(F)F)cc(C(F)(F)F)c4)cc32)ccc1-c1ccncc1. The first-order chi connectivity index (χ1) is 19.5. The van der Waals surface area contributed by atoms with Crippen molar-refractivity contribution in [2.45, 2.75) is 12.4 Å². The molecule has 0 aliphatic heterocycles. The molecule has 0 amide bonds. The van der Waals surface area contributed by atoms with Gasteiger partial charge in [-0.15, -0.1) is 0 Å². The summed E-state index contributed by atoms with van der Waals surface area (Å²) in [7, 11) is 0. The van der Waals surface area contributed by atoms with Crippen LogP contribution in [-0.4, -0.2) is 9.55 Å². The molecule has 2 aromatic heterocycles. The zero-order chi connectivity index (χ0) is 28.9. The summed E-state index contributed by atoms with van der Waals surface area (Å²) in [5.74, 6) is 0. The zero-order valence-electron chi connectivity index (χ0n) is 20.9. The van der Waals surface area contributed by atoms with Crippen LogP contribution in [0.5, 0.6) is 0 Å². The molecule has 0 saturated heterocycles. The second-order valence-electron chi connectivity index (χ2n) is 9.46. The predicted molar refractivity (Wildman–Crippen MR) is 144 cm³/mol. The molecule has 0 saturated carbocycles. The molecular formula is C32H17F6N3. The van der Waals surface area contributed by atoms with Crippen LogP contribution in [0, 0.1) is 11.3 Å². The normalized spacial score (nSPS) is 12.1. The van der Waals surface area contributed by atoms with E-state index < -0.39 is 23.5 Å². The molecule has 0 unspecified atom stereocenters. The third kappa shape index (κ3) is 4.67. The molecule has 2 heterocycles. The standard InChI is InChI=1S/C32H17F6N3/c33-31(34,35)23-13-21(14-24(17-23)32(36,37)38)20-5-7-28-27-3-1-2-4-29(27)41(30(28)16-20)25-6-8-26(22(15-25)18-39)19-9-11-40-12-10-19/h1-17H. The van der Waals surface area contributed by atoms with E-state index in [2.05, 4.69) is 11.1 Å². The minimum atomic E-state index is -4.96. The van der Waals surface area contributed by atoms with Crippen LogP contribution in [0.1, 0.15) is 16.7 Å². The summed E-state index contributed by atoms with van der Waals surface area (Å²) in [5, 5.41) is 11.5. The Balaban J connectivity index is 1.60. The lowest BCUT2D eigenvalue weighted by atomic mass is 9.98. The van der Waals surface area contributed by atoms with Crippen molar-refractivity contribution in [2.75, 3.05) is 0 Å². The molecule has 6 rings (SSSR count). The van der Waals surface area contributed by atoms with Crippen molar-refractivity contribution >= 4 is 21.8 Å². The highest BCUT2D eigenvalue weighted by molar-refractivity contribution is 6.10. The van der Waals surface area contributed by atoms with Crippen molar-refractivity contribution in [3.63, 3.8) is 0 Å². The number of para-hydroxylation sites is 1. The first-order valence-electron chi connectivity index (χ1n) is 12.3. The number of hydrogen-bond acceptors (Lipinski definition) is 2. The average molecular weight is 557 g/mol. The van der Waals surface area contributed by atoms with E-state index in [1.807, 2.05) is 34.9 Å². The van der Waals surface area contributed by atoms with Gasteiger partial charge in [-0.3, -0.25) is 4.98 Å². The van der Waals surface area contributed by atoms with Crippen LogP contribution in [0.3, 0.4) is 0 Å². The van der Waals surface area contributed by atoms with Gasteiger partial charge in [-0.25, -0.2) is 0 Å². The molecule has 41 heavy (non-hydrogen) atoms. The van der Waals surface area contributed by atoms with Crippen molar-refractivity contribution < 1.29 is 26.3 Å². The van der Waals surface area contributed by atoms with E-state index in [0.717, 1.165) is 34.0 Å². The predicted octanol–water partition coefficient (Wildman–Crippen LogP) is 9.42. The molecule has 0 bridgehead atoms. The molecular weight excluding hydrogens is 540 g/mol. The number of nitriles is 1. The van der Waals surface area contributed by atoms with E-state index in [1.165, 1.54) is 6.07 Å². The largest absolute Gasteiger partial charge is 0.416 e. The van der Waals surface area contributed by atoms with Gasteiger partial charge >= 0.3 is 12.4 Å². The molecule has 9 heteroatoms. The maximum absolute atomic E-state index is 13.6. The summed E-state index contributed by atoms with van der Waals surface area (Å²) in [5.41, 5.74) is 1.05. The zero-order valence-corrected chi connectivity index (χ0v) is 20.9. The van der Waals surface area contributed by atoms with E-state index in [4.69, 9.17) is 0 Å². The summed E-state index contributed by atoms with van der Waals surface area (Å²) in [4.78, 5) is 4.01. The van der Waals surface area contributed by atoms with E-state index >= 15 is 0 Å². The van der Waals surface area contributed by atoms with Crippen molar-refractivity contribution in [3.05, 3.63) is 120 Å². The number of halogens is 6. The Morgan fingerprint density at radius 2 is 1.27 bits per heavy atom. The van der Waals surface area contributed by atoms with Gasteiger partial charge in [-0.1, -0.05) is 36.4 Å². The van der Waals surface area contributed by atoms with Gasteiger partial charge < -0.3 is 4.57 Å². The van der Waals surface area contributed by atoms with Crippen molar-refractivity contribution in [1.29, 1.82) is 5.26 Å². The van der Waals surface area contributed by atoms with Crippen LogP contribution in [0.25, 0.3) is 49.7 Å². The molecule has 0 aliphatic carbocycles. The summed E-state index contributed by atoms with van der Waals surface area (Å²) < 4.78 is 83.2. The Kier molecular flexibility index (Phi) is 6.07. The average Bonchev–Trinajstić information content (AvgIpc) is 3.30. The maximum atomic E-state index is 13.6. The molecule has 3 nitrogen and oxygen atoms in total. The fourth-order valence-corrected chi connectivity index (χ4v) is 5.10. The number of pyridine rings is 1. The lowest BCUT2D eigenvalue weighted by molar-refractivity contribution is -0.143. The second kappa shape index (κ2) is 9.52. The number of nitrogens with zero attached hydrogens (tertiary/aromatic N) is 3. The third-order valence-corrected chi connectivity index (χ3v) is 6.97. The minimum Gasteiger partial charge on any atom is -0.309 e. The second-order valence-corrected chi connectivity index (χ2v) is 9.46. The Hall–Kier alpha value is -5.10. The molecule has 4 aromatic carbocycles. The molecule has 0 atom stereocenters. The topological polar surface area (TPSA) is 41.6 Å². The first kappa shape index (κ1) is 26.1. The van der Waals surface area contributed by atoms with Gasteiger partial charge in [-0.2, -0.15) is 31.6 Å². The van der Waals surface area contributed by atoms with Gasteiger partial charge in [0.2, 0.25) is 0 Å². The Labute approximate surface area is 229 Å². The van der Waals surface area contributed by atoms with Gasteiger partial charge in [0.05, 0.1) is 33.8 Å². The van der Waals surface area contributed by atoms with E-state index in [-0.39, 0.29) is 17.2 Å². The molecule has 0 fully saturated rings. The highest BCUT2D eigenvalue weighted by Crippen LogP contribution is 2.40. The monoisotopic (exact) mass is 557 g/mol. The lowest BCUT2D eigenvalue weighted by Gasteiger charge is -2.15. The van der Waals surface area contributed by atoms with Gasteiger partial charge in [0.15, 0.2) is 0 Å². The van der Waals surface area contributed by atoms with E-state index in [9.17, 15) is 31.6 Å². The Morgan fingerprint density at radius 3 is 1.93 bits per heavy atom. The van der Waals surface area contributed by atoms with E-state index in [0.29, 0.717) is 22.3 Å². The van der Waals surface area contributed by atoms with Gasteiger partial charge in [0.1, 0.15) is 0 Å². The number of aromatic nitrogens is 2. The summed E-state index contributed by atoms with van der Waals surface area (Å²) >= 11 is 0. The Morgan fingerprint density at radius 1 is 0.610 bits per heavy atom. The molecule has 6 aromatic rings. The summed E-state index contributed by atoms with van der Waals surface area (Å²) in [6, 6.07) is 24.9. The molecule has 0 aliphatic rings. The molecule has 0 radical (unpaired) electrons. The van der Waals surface area contributed by atoms with Crippen molar-refractivity contribution in [1.82, 2.24) is 9.55 Å². The first-order valence-corrected chi connectivity index (χ1v) is 12.3. The van der Waals surface area contributed by atoms with Crippen LogP contribution in [0.15, 0.2) is 103 Å². The minimum absolute atomic E-state index is 0.118. The summed E-state index contributed by atoms with van der Waals surface area (Å²) in [6.07, 6.45) is -6.67. The fraction of sp³-hybridized carbons (Fsp3) is 0.0625. The van der Waals surface area contributed by atoms with Crippen molar-refractivity contribution in [3.8, 4) is 34.0 Å². The maximum Gasteiger partial charge on any atom is 0.416 e. The fourth-order valence-electron chi connectivity index (χ4n) is 5.10. The number of hydrogen-bond donors (Lipinski definition) is 0. The smallest absolute Gasteiger partial charge is 0.309 e. The van der Waals surface area contributed by atoms with Crippen LogP contribution >= 0.6 is 0 Å². The molecule has 0 spiro atoms. The quantitative estimate of drug-likeness (QED) is 0.204. The van der Waals surface area contributed by atoms with Gasteiger partial charge in [0.25, 0.3) is 0 Å².